The maximum Gasteiger partial charge on any atom is 0.339 e. The minimum Gasteiger partial charge on any atom is -0.490 e. The van der Waals surface area contributed by atoms with Crippen LogP contribution in [0.5, 0.6) is 5.75 Å². The van der Waals surface area contributed by atoms with Crippen LogP contribution in [0.3, 0.4) is 0 Å². The smallest absolute Gasteiger partial charge is 0.339 e. The molecule has 2 heterocycles. The summed E-state index contributed by atoms with van der Waals surface area (Å²) in [4.78, 5) is 18.1. The fourth-order valence-electron chi connectivity index (χ4n) is 4.14. The quantitative estimate of drug-likeness (QED) is 0.283. The predicted octanol–water partition coefficient (Wildman–Crippen LogP) is 5.94. The van der Waals surface area contributed by atoms with Gasteiger partial charge >= 0.3 is 5.97 Å². The molecule has 5 rings (SSSR count). The monoisotopic (exact) mass is 425 g/mol. The lowest BCUT2D eigenvalue weighted by atomic mass is 9.86. The first kappa shape index (κ1) is 20.1. The Bertz CT molecular complexity index is 1260. The number of rotatable bonds is 6. The first-order valence-electron chi connectivity index (χ1n) is 10.8. The molecule has 2 aromatic heterocycles. The van der Waals surface area contributed by atoms with Crippen molar-refractivity contribution >= 4 is 28.5 Å². The van der Waals surface area contributed by atoms with Crippen molar-refractivity contribution in [2.75, 3.05) is 13.2 Å². The summed E-state index contributed by atoms with van der Waals surface area (Å²) in [7, 11) is 0. The Morgan fingerprint density at radius 3 is 2.66 bits per heavy atom. The van der Waals surface area contributed by atoms with Crippen LogP contribution in [0.15, 0.2) is 77.4 Å². The largest absolute Gasteiger partial charge is 0.490 e. The van der Waals surface area contributed by atoms with Crippen molar-refractivity contribution in [1.82, 2.24) is 4.98 Å². The van der Waals surface area contributed by atoms with Gasteiger partial charge in [-0.3, -0.25) is 0 Å². The van der Waals surface area contributed by atoms with Gasteiger partial charge in [-0.2, -0.15) is 0 Å². The molecule has 0 radical (unpaired) electrons. The van der Waals surface area contributed by atoms with E-state index in [-0.39, 0.29) is 12.6 Å². The maximum atomic E-state index is 13.2. The second kappa shape index (κ2) is 9.10. The van der Waals surface area contributed by atoms with Crippen LogP contribution in [0, 0.1) is 0 Å². The molecule has 0 saturated carbocycles. The van der Waals surface area contributed by atoms with Crippen molar-refractivity contribution in [2.45, 2.75) is 19.3 Å². The summed E-state index contributed by atoms with van der Waals surface area (Å²) >= 11 is 0. The number of para-hydroxylation sites is 2. The number of aromatic nitrogens is 1. The molecule has 32 heavy (non-hydrogen) atoms. The van der Waals surface area contributed by atoms with Gasteiger partial charge in [0.25, 0.3) is 0 Å². The summed E-state index contributed by atoms with van der Waals surface area (Å²) in [5.74, 6) is 1.20. The molecule has 5 heteroatoms. The summed E-state index contributed by atoms with van der Waals surface area (Å²) < 4.78 is 16.8. The van der Waals surface area contributed by atoms with E-state index in [4.69, 9.17) is 18.9 Å². The molecule has 0 N–H and O–H groups in total. The Labute approximate surface area is 186 Å². The Balaban J connectivity index is 1.45. The highest BCUT2D eigenvalue weighted by atomic mass is 16.6. The van der Waals surface area contributed by atoms with E-state index >= 15 is 0 Å². The van der Waals surface area contributed by atoms with Crippen molar-refractivity contribution in [3.63, 3.8) is 0 Å². The number of carbonyl (C=O) groups excluding carboxylic acids is 1. The highest BCUT2D eigenvalue weighted by molar-refractivity contribution is 6.06. The van der Waals surface area contributed by atoms with E-state index < -0.39 is 0 Å². The maximum absolute atomic E-state index is 13.2. The zero-order chi connectivity index (χ0) is 21.8. The number of hydrogen-bond acceptors (Lipinski definition) is 5. The number of pyridine rings is 1. The van der Waals surface area contributed by atoms with Crippen molar-refractivity contribution in [2.24, 2.45) is 0 Å². The minimum absolute atomic E-state index is 0.175. The lowest BCUT2D eigenvalue weighted by molar-refractivity contribution is 0.0451. The third-order valence-corrected chi connectivity index (χ3v) is 5.56. The van der Waals surface area contributed by atoms with Crippen LogP contribution >= 0.6 is 0 Å². The molecular formula is C27H23NO4. The summed E-state index contributed by atoms with van der Waals surface area (Å²) in [6, 6.07) is 21.0. The summed E-state index contributed by atoms with van der Waals surface area (Å²) in [6.07, 6.45) is 6.29. The van der Waals surface area contributed by atoms with Crippen LogP contribution in [-0.2, 0) is 11.2 Å². The Kier molecular flexibility index (Phi) is 5.71. The molecule has 0 bridgehead atoms. The molecule has 0 saturated heterocycles. The summed E-state index contributed by atoms with van der Waals surface area (Å²) in [5, 5.41) is 0.819. The molecule has 1 aliphatic carbocycles. The molecule has 0 aliphatic heterocycles. The molecule has 0 atom stereocenters. The zero-order valence-electron chi connectivity index (χ0n) is 17.6. The number of hydrogen-bond donors (Lipinski definition) is 0. The van der Waals surface area contributed by atoms with Gasteiger partial charge < -0.3 is 13.9 Å². The molecule has 5 nitrogen and oxygen atoms in total. The molecular weight excluding hydrogens is 402 g/mol. The van der Waals surface area contributed by atoms with Gasteiger partial charge in [-0.05, 0) is 66.8 Å². The molecule has 0 unspecified atom stereocenters. The van der Waals surface area contributed by atoms with E-state index in [1.165, 1.54) is 0 Å². The van der Waals surface area contributed by atoms with Crippen molar-refractivity contribution in [1.29, 1.82) is 0 Å². The minimum atomic E-state index is -0.337. The van der Waals surface area contributed by atoms with Gasteiger partial charge in [-0.25, -0.2) is 9.78 Å². The van der Waals surface area contributed by atoms with Gasteiger partial charge in [0.2, 0.25) is 0 Å². The second-order valence-corrected chi connectivity index (χ2v) is 7.67. The van der Waals surface area contributed by atoms with Gasteiger partial charge in [0.05, 0.1) is 23.0 Å². The lowest BCUT2D eigenvalue weighted by Crippen LogP contribution is -2.17. The molecule has 4 aromatic rings. The van der Waals surface area contributed by atoms with Crippen LogP contribution in [0.1, 0.15) is 40.2 Å². The number of carbonyl (C=O) groups is 1. The average molecular weight is 425 g/mol. The van der Waals surface area contributed by atoms with E-state index in [9.17, 15) is 4.79 Å². The van der Waals surface area contributed by atoms with Crippen LogP contribution < -0.4 is 4.74 Å². The van der Waals surface area contributed by atoms with Crippen LogP contribution in [0.4, 0.5) is 0 Å². The predicted molar refractivity (Wildman–Crippen MR) is 123 cm³/mol. The summed E-state index contributed by atoms with van der Waals surface area (Å²) in [6.45, 7) is 0.471. The molecule has 0 amide bonds. The number of fused-ring (bicyclic) bond motifs is 2. The van der Waals surface area contributed by atoms with Gasteiger partial charge in [0, 0.05) is 5.39 Å². The van der Waals surface area contributed by atoms with E-state index in [2.05, 4.69) is 0 Å². The van der Waals surface area contributed by atoms with Crippen molar-refractivity contribution < 1.29 is 18.7 Å². The summed E-state index contributed by atoms with van der Waals surface area (Å²) in [5.41, 5.74) is 4.27. The Morgan fingerprint density at radius 2 is 1.81 bits per heavy atom. The van der Waals surface area contributed by atoms with Gasteiger partial charge in [0.15, 0.2) is 0 Å². The van der Waals surface area contributed by atoms with Gasteiger partial charge in [0.1, 0.15) is 24.7 Å². The van der Waals surface area contributed by atoms with Gasteiger partial charge in [-0.1, -0.05) is 36.4 Å². The normalized spacial score (nSPS) is 14.3. The highest BCUT2D eigenvalue weighted by Gasteiger charge is 2.26. The molecule has 0 fully saturated rings. The lowest BCUT2D eigenvalue weighted by Gasteiger charge is -2.22. The fraction of sp³-hybridized carbons (Fsp3) is 0.185. The topological polar surface area (TPSA) is 61.6 Å². The Morgan fingerprint density at radius 1 is 0.969 bits per heavy atom. The average Bonchev–Trinajstić information content (AvgIpc) is 3.34. The number of benzene rings is 2. The van der Waals surface area contributed by atoms with E-state index in [1.54, 1.807) is 6.26 Å². The number of ether oxygens (including phenoxy) is 2. The highest BCUT2D eigenvalue weighted by Crippen LogP contribution is 2.36. The molecule has 0 spiro atoms. The van der Waals surface area contributed by atoms with Gasteiger partial charge in [-0.15, -0.1) is 0 Å². The molecule has 2 aromatic carbocycles. The second-order valence-electron chi connectivity index (χ2n) is 7.67. The SMILES string of the molecule is O=C(OCCOc1ccccc1)c1c2c(nc3ccccc13)C(=Cc1ccco1)CCC2. The molecule has 1 aliphatic rings. The molecule has 160 valence electrons. The van der Waals surface area contributed by atoms with Crippen LogP contribution in [0.25, 0.3) is 22.6 Å². The number of nitrogens with zero attached hydrogens (tertiary/aromatic N) is 1. The van der Waals surface area contributed by atoms with E-state index in [0.717, 1.165) is 58.5 Å². The fourth-order valence-corrected chi connectivity index (χ4v) is 4.14. The van der Waals surface area contributed by atoms with E-state index in [0.29, 0.717) is 12.2 Å². The standard InChI is InChI=1S/C27H23NO4/c29-27(32-17-16-31-20-9-2-1-3-10-20)25-22-12-4-5-14-24(22)28-26-19(8-6-13-23(25)26)18-21-11-7-15-30-21/h1-5,7,9-12,14-15,18H,6,8,13,16-17H2. The van der Waals surface area contributed by atoms with E-state index in [1.807, 2.05) is 72.8 Å². The zero-order valence-corrected chi connectivity index (χ0v) is 17.6. The third-order valence-electron chi connectivity index (χ3n) is 5.56. The van der Waals surface area contributed by atoms with Crippen LogP contribution in [0.2, 0.25) is 0 Å². The first-order chi connectivity index (χ1) is 15.8. The first-order valence-corrected chi connectivity index (χ1v) is 10.8. The van der Waals surface area contributed by atoms with Crippen molar-refractivity contribution in [3.05, 3.63) is 95.6 Å². The number of allylic oxidation sites excluding steroid dienone is 1. The number of esters is 1. The Hall–Kier alpha value is -3.86. The number of furan rings is 1. The van der Waals surface area contributed by atoms with Crippen LogP contribution in [-0.4, -0.2) is 24.2 Å². The van der Waals surface area contributed by atoms with Crippen molar-refractivity contribution in [3.8, 4) is 5.75 Å². The third kappa shape index (κ3) is 4.14.